The van der Waals surface area contributed by atoms with Gasteiger partial charge in [0.05, 0.1) is 0 Å². The molecular formula is C23H31F3. The molecule has 0 bridgehead atoms. The highest BCUT2D eigenvalue weighted by molar-refractivity contribution is 5.73. The predicted octanol–water partition coefficient (Wildman–Crippen LogP) is 7.08. The summed E-state index contributed by atoms with van der Waals surface area (Å²) in [6, 6.07) is 8.59. The Kier molecular flexibility index (Phi) is 13.2. The minimum Gasteiger partial charge on any atom is -0.248 e. The summed E-state index contributed by atoms with van der Waals surface area (Å²) < 4.78 is 34.2. The van der Waals surface area contributed by atoms with Crippen LogP contribution in [0, 0.1) is 18.8 Å². The molecule has 1 saturated carbocycles. The van der Waals surface area contributed by atoms with E-state index >= 15 is 0 Å². The van der Waals surface area contributed by atoms with Gasteiger partial charge in [-0.2, -0.15) is 0 Å². The van der Waals surface area contributed by atoms with Crippen LogP contribution in [0.4, 0.5) is 13.2 Å². The summed E-state index contributed by atoms with van der Waals surface area (Å²) in [6.07, 6.45) is 15.3. The van der Waals surface area contributed by atoms with Crippen LogP contribution in [0.3, 0.4) is 0 Å². The van der Waals surface area contributed by atoms with Gasteiger partial charge in [-0.1, -0.05) is 56.7 Å². The smallest absolute Gasteiger partial charge is 0.126 e. The van der Waals surface area contributed by atoms with Crippen molar-refractivity contribution in [2.24, 2.45) is 5.92 Å². The van der Waals surface area contributed by atoms with E-state index in [1.165, 1.54) is 38.2 Å². The van der Waals surface area contributed by atoms with E-state index in [0.29, 0.717) is 5.92 Å². The number of terminal acetylenes is 1. The summed E-state index contributed by atoms with van der Waals surface area (Å²) in [6.45, 7) is 5.96. The van der Waals surface area contributed by atoms with Crippen molar-refractivity contribution in [3.63, 3.8) is 0 Å². The van der Waals surface area contributed by atoms with Crippen molar-refractivity contribution in [2.45, 2.75) is 51.6 Å². The van der Waals surface area contributed by atoms with E-state index < -0.39 is 19.5 Å². The molecule has 0 aliphatic heterocycles. The lowest BCUT2D eigenvalue weighted by molar-refractivity contribution is 0.281. The lowest BCUT2D eigenvalue weighted by atomic mass is 9.79. The first-order valence-corrected chi connectivity index (χ1v) is 9.04. The Morgan fingerprint density at radius 2 is 1.65 bits per heavy atom. The zero-order valence-corrected chi connectivity index (χ0v) is 15.9. The molecule has 1 aliphatic rings. The minimum absolute atomic E-state index is 0.441. The number of allylic oxidation sites excluding steroid dienone is 3. The SMILES string of the molecule is C#C.C=C/C(=C\CF)c1ccc(C2CCC(C)CC2)cc1.CC(F)CF. The maximum atomic E-state index is 12.4. The number of benzene rings is 1. The van der Waals surface area contributed by atoms with Crippen molar-refractivity contribution < 1.29 is 13.2 Å². The highest BCUT2D eigenvalue weighted by Crippen LogP contribution is 2.35. The molecule has 0 spiro atoms. The summed E-state index contributed by atoms with van der Waals surface area (Å²) in [5.41, 5.74) is 3.37. The van der Waals surface area contributed by atoms with Crippen molar-refractivity contribution in [1.82, 2.24) is 0 Å². The molecule has 0 aromatic heterocycles. The molecule has 0 nitrogen and oxygen atoms in total. The van der Waals surface area contributed by atoms with Crippen LogP contribution >= 0.6 is 0 Å². The largest absolute Gasteiger partial charge is 0.248 e. The van der Waals surface area contributed by atoms with E-state index in [1.54, 1.807) is 12.2 Å². The molecule has 0 amide bonds. The quantitative estimate of drug-likeness (QED) is 0.387. The van der Waals surface area contributed by atoms with E-state index in [1.807, 2.05) is 0 Å². The molecular weight excluding hydrogens is 333 g/mol. The fraction of sp³-hybridized carbons (Fsp3) is 0.478. The van der Waals surface area contributed by atoms with Crippen molar-refractivity contribution in [3.05, 3.63) is 54.1 Å². The maximum absolute atomic E-state index is 12.4. The van der Waals surface area contributed by atoms with Crippen molar-refractivity contribution >= 4 is 5.57 Å². The molecule has 1 aromatic carbocycles. The van der Waals surface area contributed by atoms with Gasteiger partial charge in [0.1, 0.15) is 19.5 Å². The van der Waals surface area contributed by atoms with Crippen LogP contribution in [0.15, 0.2) is 43.0 Å². The monoisotopic (exact) mass is 364 g/mol. The highest BCUT2D eigenvalue weighted by atomic mass is 19.2. The van der Waals surface area contributed by atoms with Gasteiger partial charge in [0.25, 0.3) is 0 Å². The lowest BCUT2D eigenvalue weighted by Gasteiger charge is -2.26. The van der Waals surface area contributed by atoms with Crippen LogP contribution in [0.5, 0.6) is 0 Å². The molecule has 1 unspecified atom stereocenters. The first-order chi connectivity index (χ1) is 12.5. The molecule has 0 heterocycles. The number of rotatable bonds is 5. The van der Waals surface area contributed by atoms with Gasteiger partial charge in [0.2, 0.25) is 0 Å². The summed E-state index contributed by atoms with van der Waals surface area (Å²) >= 11 is 0. The topological polar surface area (TPSA) is 0 Å². The molecule has 144 valence electrons. The first-order valence-electron chi connectivity index (χ1n) is 9.04. The van der Waals surface area contributed by atoms with Gasteiger partial charge in [-0.05, 0) is 54.4 Å². The van der Waals surface area contributed by atoms with E-state index in [-0.39, 0.29) is 0 Å². The van der Waals surface area contributed by atoms with Crippen molar-refractivity contribution in [2.75, 3.05) is 13.3 Å². The van der Waals surface area contributed by atoms with Crippen molar-refractivity contribution in [3.8, 4) is 12.8 Å². The summed E-state index contributed by atoms with van der Waals surface area (Å²) in [5, 5.41) is 0. The summed E-state index contributed by atoms with van der Waals surface area (Å²) in [4.78, 5) is 0. The second-order valence-electron chi connectivity index (χ2n) is 6.53. The molecule has 26 heavy (non-hydrogen) atoms. The van der Waals surface area contributed by atoms with E-state index in [9.17, 15) is 13.2 Å². The molecule has 1 aliphatic carbocycles. The zero-order chi connectivity index (χ0) is 19.9. The van der Waals surface area contributed by atoms with Gasteiger partial charge < -0.3 is 0 Å². The third-order valence-electron chi connectivity index (χ3n) is 4.46. The van der Waals surface area contributed by atoms with Crippen LogP contribution in [-0.4, -0.2) is 19.5 Å². The predicted molar refractivity (Wildman–Crippen MR) is 107 cm³/mol. The van der Waals surface area contributed by atoms with E-state index in [4.69, 9.17) is 0 Å². The fourth-order valence-electron chi connectivity index (χ4n) is 2.94. The molecule has 1 aromatic rings. The molecule has 1 atom stereocenters. The molecule has 0 N–H and O–H groups in total. The Morgan fingerprint density at radius 3 is 2.04 bits per heavy atom. The Balaban J connectivity index is 0.000000772. The third kappa shape index (κ3) is 8.94. The van der Waals surface area contributed by atoms with Crippen LogP contribution in [-0.2, 0) is 0 Å². The number of alkyl halides is 3. The van der Waals surface area contributed by atoms with Crippen LogP contribution in [0.25, 0.3) is 5.57 Å². The molecule has 3 heteroatoms. The Bertz CT molecular complexity index is 532. The normalized spacial score (nSPS) is 20.7. The maximum Gasteiger partial charge on any atom is 0.126 e. The van der Waals surface area contributed by atoms with Gasteiger partial charge in [-0.15, -0.1) is 12.8 Å². The molecule has 2 rings (SSSR count). The minimum atomic E-state index is -1.28. The van der Waals surface area contributed by atoms with Gasteiger partial charge in [0.15, 0.2) is 0 Å². The highest BCUT2D eigenvalue weighted by Gasteiger charge is 2.19. The van der Waals surface area contributed by atoms with Crippen LogP contribution in [0.2, 0.25) is 0 Å². The molecule has 0 radical (unpaired) electrons. The number of hydrogen-bond donors (Lipinski definition) is 0. The van der Waals surface area contributed by atoms with Gasteiger partial charge >= 0.3 is 0 Å². The van der Waals surface area contributed by atoms with Crippen molar-refractivity contribution in [1.29, 1.82) is 0 Å². The van der Waals surface area contributed by atoms with E-state index in [0.717, 1.165) is 17.1 Å². The molecule has 1 fully saturated rings. The summed E-state index contributed by atoms with van der Waals surface area (Å²) in [5.74, 6) is 1.60. The Morgan fingerprint density at radius 1 is 1.15 bits per heavy atom. The second-order valence-corrected chi connectivity index (χ2v) is 6.53. The molecule has 0 saturated heterocycles. The average Bonchev–Trinajstić information content (AvgIpc) is 2.69. The summed E-state index contributed by atoms with van der Waals surface area (Å²) in [7, 11) is 0. The second kappa shape index (κ2) is 14.2. The van der Waals surface area contributed by atoms with Crippen LogP contribution < -0.4 is 0 Å². The standard InChI is InChI=1S/C18H23F.C3H6F2.C2H2/c1-3-15(12-13-19)16-8-10-18(11-9-16)17-6-4-14(2)5-7-17;1-3(5)2-4;1-2/h3,8-12,14,17H,1,4-7,13H2,2H3;3H,2H2,1H3;1-2H/b15-12+;;. The number of halogens is 3. The van der Waals surface area contributed by atoms with Gasteiger partial charge in [0, 0.05) is 0 Å². The zero-order valence-electron chi connectivity index (χ0n) is 15.9. The lowest BCUT2D eigenvalue weighted by Crippen LogP contribution is -2.10. The van der Waals surface area contributed by atoms with E-state index in [2.05, 4.69) is 50.6 Å². The Labute approximate surface area is 157 Å². The first kappa shape index (κ1) is 24.1. The average molecular weight is 364 g/mol. The fourth-order valence-corrected chi connectivity index (χ4v) is 2.94. The Hall–Kier alpha value is -1.95. The third-order valence-corrected chi connectivity index (χ3v) is 4.46. The van der Waals surface area contributed by atoms with Gasteiger partial charge in [-0.25, -0.2) is 13.2 Å². The van der Waals surface area contributed by atoms with Gasteiger partial charge in [-0.3, -0.25) is 0 Å². The number of hydrogen-bond acceptors (Lipinski definition) is 0. The van der Waals surface area contributed by atoms with Crippen LogP contribution in [0.1, 0.15) is 56.6 Å².